The number of urea groups is 1. The molecule has 2 amide bonds. The smallest absolute Gasteiger partial charge is 0.444 e. The minimum Gasteiger partial charge on any atom is -0.444 e. The van der Waals surface area contributed by atoms with E-state index in [0.29, 0.717) is 0 Å². The van der Waals surface area contributed by atoms with Crippen LogP contribution in [0.5, 0.6) is 11.8 Å². The molecule has 27 heavy (non-hydrogen) atoms. The van der Waals surface area contributed by atoms with Gasteiger partial charge in [-0.2, -0.15) is 0 Å². The molecule has 2 aromatic rings. The average Bonchev–Trinajstić information content (AvgIpc) is 2.99. The number of anilines is 1. The van der Waals surface area contributed by atoms with Gasteiger partial charge in [-0.1, -0.05) is 0 Å². The molecule has 0 spiro atoms. The molecule has 0 bridgehead atoms. The van der Waals surface area contributed by atoms with Crippen LogP contribution in [0.3, 0.4) is 0 Å². The first kappa shape index (κ1) is 18.3. The molecule has 1 aromatic carbocycles. The quantitative estimate of drug-likeness (QED) is 0.613. The summed E-state index contributed by atoms with van der Waals surface area (Å²) in [6.45, 7) is 0.266. The highest BCUT2D eigenvalue weighted by atomic mass is 19.4. The number of halogens is 3. The third-order valence-electron chi connectivity index (χ3n) is 3.43. The number of carbonyl (C=O) groups is 1. The first-order chi connectivity index (χ1) is 12.7. The molecule has 0 radical (unpaired) electrons. The first-order valence-electron chi connectivity index (χ1n) is 7.47. The van der Waals surface area contributed by atoms with E-state index in [1.807, 2.05) is 0 Å². The SMILES string of the molecule is O=C(Nc1ccc(OC(F)(F)F)cc1)N[C@@H]1COc2nc([N+](=O)[O-])cn2C1. The Labute approximate surface area is 149 Å². The van der Waals surface area contributed by atoms with E-state index in [1.165, 1.54) is 22.9 Å². The van der Waals surface area contributed by atoms with E-state index in [9.17, 15) is 28.1 Å². The molecule has 2 N–H and O–H groups in total. The number of carbonyl (C=O) groups excluding carboxylic acids is 1. The Morgan fingerprint density at radius 2 is 2.07 bits per heavy atom. The van der Waals surface area contributed by atoms with E-state index in [0.717, 1.165) is 12.1 Å². The van der Waals surface area contributed by atoms with Crippen molar-refractivity contribution in [1.82, 2.24) is 14.9 Å². The number of benzene rings is 1. The van der Waals surface area contributed by atoms with Gasteiger partial charge in [-0.3, -0.25) is 4.57 Å². The Bertz CT molecular complexity index is 852. The zero-order chi connectivity index (χ0) is 19.6. The van der Waals surface area contributed by atoms with E-state index in [4.69, 9.17) is 4.74 Å². The topological polar surface area (TPSA) is 121 Å². The molecule has 1 aliphatic rings. The van der Waals surface area contributed by atoms with Crippen molar-refractivity contribution in [1.29, 1.82) is 0 Å². The first-order valence-corrected chi connectivity index (χ1v) is 7.47. The van der Waals surface area contributed by atoms with Gasteiger partial charge in [-0.15, -0.1) is 13.2 Å². The highest BCUT2D eigenvalue weighted by molar-refractivity contribution is 5.89. The van der Waals surface area contributed by atoms with Crippen LogP contribution in [0.1, 0.15) is 0 Å². The van der Waals surface area contributed by atoms with Crippen LogP contribution in [-0.2, 0) is 6.54 Å². The van der Waals surface area contributed by atoms with Crippen molar-refractivity contribution in [3.05, 3.63) is 40.6 Å². The van der Waals surface area contributed by atoms with Gasteiger partial charge in [0.15, 0.2) is 0 Å². The average molecular weight is 387 g/mol. The van der Waals surface area contributed by atoms with Crippen molar-refractivity contribution in [3.8, 4) is 11.8 Å². The third-order valence-corrected chi connectivity index (χ3v) is 3.43. The largest absolute Gasteiger partial charge is 0.573 e. The number of ether oxygens (including phenoxy) is 2. The fourth-order valence-electron chi connectivity index (χ4n) is 2.36. The lowest BCUT2D eigenvalue weighted by Crippen LogP contribution is -2.46. The number of hydrogen-bond donors (Lipinski definition) is 2. The van der Waals surface area contributed by atoms with Crippen LogP contribution in [0.25, 0.3) is 0 Å². The Hall–Kier alpha value is -3.51. The molecule has 0 saturated heterocycles. The molecular weight excluding hydrogens is 375 g/mol. The number of imidazole rings is 1. The number of rotatable bonds is 4. The van der Waals surface area contributed by atoms with E-state index in [1.54, 1.807) is 0 Å². The fraction of sp³-hybridized carbons (Fsp3) is 0.286. The van der Waals surface area contributed by atoms with Gasteiger partial charge in [0.2, 0.25) is 0 Å². The monoisotopic (exact) mass is 387 g/mol. The lowest BCUT2D eigenvalue weighted by molar-refractivity contribution is -0.389. The van der Waals surface area contributed by atoms with Gasteiger partial charge in [0, 0.05) is 10.7 Å². The predicted molar refractivity (Wildman–Crippen MR) is 83.4 cm³/mol. The van der Waals surface area contributed by atoms with Gasteiger partial charge in [0.05, 0.1) is 12.6 Å². The summed E-state index contributed by atoms with van der Waals surface area (Å²) in [4.78, 5) is 25.7. The second-order valence-corrected chi connectivity index (χ2v) is 5.47. The molecule has 10 nitrogen and oxygen atoms in total. The highest BCUT2D eigenvalue weighted by Gasteiger charge is 2.31. The standard InChI is InChI=1S/C14H12F3N5O5/c15-14(16,17)27-10-3-1-8(2-4-10)18-12(23)19-9-5-21-6-11(22(24)25)20-13(21)26-7-9/h1-4,6,9H,5,7H2,(H2,18,19,23)/t9-/m0/s1. The van der Waals surface area contributed by atoms with Crippen molar-refractivity contribution in [3.63, 3.8) is 0 Å². The molecule has 0 saturated carbocycles. The van der Waals surface area contributed by atoms with E-state index in [-0.39, 0.29) is 30.7 Å². The highest BCUT2D eigenvalue weighted by Crippen LogP contribution is 2.24. The van der Waals surface area contributed by atoms with Crippen molar-refractivity contribution >= 4 is 17.5 Å². The Balaban J connectivity index is 1.54. The van der Waals surface area contributed by atoms with Crippen molar-refractivity contribution in [2.24, 2.45) is 0 Å². The molecular formula is C14H12F3N5O5. The second kappa shape index (κ2) is 7.01. The number of aromatic nitrogens is 2. The number of fused-ring (bicyclic) bond motifs is 1. The fourth-order valence-corrected chi connectivity index (χ4v) is 2.36. The van der Waals surface area contributed by atoms with Gasteiger partial charge in [-0.25, -0.2) is 4.79 Å². The molecule has 1 atom stereocenters. The summed E-state index contributed by atoms with van der Waals surface area (Å²) < 4.78 is 46.7. The Kier molecular flexibility index (Phi) is 4.75. The second-order valence-electron chi connectivity index (χ2n) is 5.47. The Morgan fingerprint density at radius 3 is 2.70 bits per heavy atom. The minimum absolute atomic E-state index is 0.0555. The van der Waals surface area contributed by atoms with Crippen molar-refractivity contribution < 1.29 is 32.4 Å². The van der Waals surface area contributed by atoms with Crippen LogP contribution < -0.4 is 20.1 Å². The van der Waals surface area contributed by atoms with E-state index >= 15 is 0 Å². The summed E-state index contributed by atoms with van der Waals surface area (Å²) in [5.74, 6) is -0.778. The molecule has 1 aliphatic heterocycles. The predicted octanol–water partition coefficient (Wildman–Crippen LogP) is 2.27. The van der Waals surface area contributed by atoms with Gasteiger partial charge < -0.3 is 30.2 Å². The van der Waals surface area contributed by atoms with Crippen LogP contribution >= 0.6 is 0 Å². The summed E-state index contributed by atoms with van der Waals surface area (Å²) >= 11 is 0. The molecule has 2 heterocycles. The number of nitro groups is 1. The van der Waals surface area contributed by atoms with Crippen LogP contribution in [0.15, 0.2) is 30.5 Å². The summed E-state index contributed by atoms with van der Waals surface area (Å²) in [5.41, 5.74) is 0.248. The normalized spacial score (nSPS) is 16.0. The van der Waals surface area contributed by atoms with Crippen LogP contribution in [0, 0.1) is 10.1 Å². The summed E-state index contributed by atoms with van der Waals surface area (Å²) in [7, 11) is 0. The molecule has 13 heteroatoms. The molecule has 144 valence electrons. The zero-order valence-electron chi connectivity index (χ0n) is 13.4. The molecule has 0 fully saturated rings. The number of nitrogens with one attached hydrogen (secondary N) is 2. The zero-order valence-corrected chi connectivity index (χ0v) is 13.4. The molecule has 1 aromatic heterocycles. The Morgan fingerprint density at radius 1 is 1.37 bits per heavy atom. The third kappa shape index (κ3) is 4.77. The number of amides is 2. The molecule has 0 aliphatic carbocycles. The van der Waals surface area contributed by atoms with Gasteiger partial charge in [-0.05, 0) is 29.2 Å². The van der Waals surface area contributed by atoms with Crippen LogP contribution in [0.2, 0.25) is 0 Å². The summed E-state index contributed by atoms with van der Waals surface area (Å²) in [6, 6.07) is 3.59. The summed E-state index contributed by atoms with van der Waals surface area (Å²) in [6.07, 6.45) is -3.60. The maximum atomic E-state index is 12.1. The number of nitrogens with zero attached hydrogens (tertiary/aromatic N) is 3. The maximum absolute atomic E-state index is 12.1. The lowest BCUT2D eigenvalue weighted by Gasteiger charge is -2.23. The van der Waals surface area contributed by atoms with Crippen LogP contribution in [0.4, 0.5) is 29.5 Å². The minimum atomic E-state index is -4.80. The molecule has 3 rings (SSSR count). The van der Waals surface area contributed by atoms with E-state index < -0.39 is 29.1 Å². The van der Waals surface area contributed by atoms with E-state index in [2.05, 4.69) is 20.4 Å². The van der Waals surface area contributed by atoms with Gasteiger partial charge in [0.1, 0.15) is 18.6 Å². The number of alkyl halides is 3. The van der Waals surface area contributed by atoms with Crippen LogP contribution in [-0.4, -0.2) is 39.5 Å². The molecule has 0 unspecified atom stereocenters. The van der Waals surface area contributed by atoms with Gasteiger partial charge >= 0.3 is 24.2 Å². The maximum Gasteiger partial charge on any atom is 0.573 e. The van der Waals surface area contributed by atoms with Crippen molar-refractivity contribution in [2.75, 3.05) is 11.9 Å². The van der Waals surface area contributed by atoms with Crippen molar-refractivity contribution in [2.45, 2.75) is 18.9 Å². The number of hydrogen-bond acceptors (Lipinski definition) is 6. The summed E-state index contributed by atoms with van der Waals surface area (Å²) in [5, 5.41) is 15.8. The van der Waals surface area contributed by atoms with Gasteiger partial charge in [0.25, 0.3) is 0 Å². The lowest BCUT2D eigenvalue weighted by atomic mass is 10.3.